The van der Waals surface area contributed by atoms with Gasteiger partial charge in [-0.2, -0.15) is 0 Å². The lowest BCUT2D eigenvalue weighted by atomic mass is 9.94. The largest absolute Gasteiger partial charge is 0.354 e. The Hall–Kier alpha value is -3.44. The van der Waals surface area contributed by atoms with Crippen molar-refractivity contribution in [3.05, 3.63) is 47.8 Å². The van der Waals surface area contributed by atoms with Crippen molar-refractivity contribution < 1.29 is 14.0 Å². The minimum Gasteiger partial charge on any atom is -0.354 e. The number of nitrogens with zero attached hydrogens (tertiary/aromatic N) is 3. The number of anilines is 1. The number of hydrogen-bond acceptors (Lipinski definition) is 5. The van der Waals surface area contributed by atoms with E-state index in [1.807, 2.05) is 18.2 Å². The van der Waals surface area contributed by atoms with Crippen LogP contribution in [0.5, 0.6) is 0 Å². The number of rotatable bonds is 3. The first-order valence-electron chi connectivity index (χ1n) is 12.0. The maximum absolute atomic E-state index is 14.9. The Morgan fingerprint density at radius 1 is 1.00 bits per heavy atom. The Labute approximate surface area is 198 Å². The summed E-state index contributed by atoms with van der Waals surface area (Å²) in [7, 11) is 0. The predicted octanol–water partition coefficient (Wildman–Crippen LogP) is 2.90. The molecule has 34 heavy (non-hydrogen) atoms. The summed E-state index contributed by atoms with van der Waals surface area (Å²) in [6, 6.07) is 9.61. The number of nitrogens with one attached hydrogen (secondary N) is 2. The van der Waals surface area contributed by atoms with Gasteiger partial charge in [-0.1, -0.05) is 37.2 Å². The average molecular weight is 462 g/mol. The van der Waals surface area contributed by atoms with Gasteiger partial charge in [-0.05, 0) is 43.2 Å². The number of carbonyl (C=O) groups is 2. The van der Waals surface area contributed by atoms with E-state index in [1.165, 1.54) is 38.2 Å². The first kappa shape index (κ1) is 22.4. The van der Waals surface area contributed by atoms with E-state index in [9.17, 15) is 14.0 Å². The maximum atomic E-state index is 14.9. The summed E-state index contributed by atoms with van der Waals surface area (Å²) in [4.78, 5) is 32.4. The quantitative estimate of drug-likeness (QED) is 0.543. The van der Waals surface area contributed by atoms with Gasteiger partial charge < -0.3 is 10.2 Å². The van der Waals surface area contributed by atoms with E-state index in [4.69, 9.17) is 4.98 Å². The van der Waals surface area contributed by atoms with E-state index < -0.39 is 23.8 Å². The molecule has 1 aromatic carbocycles. The molecule has 1 aliphatic carbocycles. The van der Waals surface area contributed by atoms with Gasteiger partial charge in [0.1, 0.15) is 11.6 Å². The zero-order valence-corrected chi connectivity index (χ0v) is 19.0. The zero-order valence-electron chi connectivity index (χ0n) is 19.0. The second kappa shape index (κ2) is 9.82. The summed E-state index contributed by atoms with van der Waals surface area (Å²) in [5.41, 5.74) is 1.40. The number of pyridine rings is 1. The lowest BCUT2D eigenvalue weighted by Crippen LogP contribution is -2.51. The van der Waals surface area contributed by atoms with Crippen LogP contribution in [0.1, 0.15) is 37.7 Å². The first-order chi connectivity index (χ1) is 16.6. The van der Waals surface area contributed by atoms with Crippen molar-refractivity contribution in [1.82, 2.24) is 20.5 Å². The van der Waals surface area contributed by atoms with Crippen molar-refractivity contribution in [2.45, 2.75) is 44.2 Å². The Balaban J connectivity index is 1.26. The monoisotopic (exact) mass is 461 g/mol. The normalized spacial score (nSPS) is 21.6. The number of imide groups is 1. The van der Waals surface area contributed by atoms with Crippen molar-refractivity contribution in [3.63, 3.8) is 0 Å². The van der Waals surface area contributed by atoms with Gasteiger partial charge in [0.05, 0.1) is 5.69 Å². The second-order valence-corrected chi connectivity index (χ2v) is 9.06. The number of hydrogen-bond donors (Lipinski definition) is 2. The topological polar surface area (TPSA) is 77.6 Å². The van der Waals surface area contributed by atoms with Crippen LogP contribution in [0.2, 0.25) is 0 Å². The highest BCUT2D eigenvalue weighted by atomic mass is 19.1. The molecule has 1 unspecified atom stereocenters. The van der Waals surface area contributed by atoms with Crippen molar-refractivity contribution in [1.29, 1.82) is 0 Å². The molecular formula is C26H28FN5O2. The second-order valence-electron chi connectivity index (χ2n) is 9.06. The molecule has 2 aliphatic heterocycles. The maximum Gasteiger partial charge on any atom is 0.322 e. The molecule has 1 atom stereocenters. The van der Waals surface area contributed by atoms with Crippen molar-refractivity contribution in [2.75, 3.05) is 31.1 Å². The molecule has 2 saturated heterocycles. The van der Waals surface area contributed by atoms with Gasteiger partial charge in [-0.15, -0.1) is 0 Å². The van der Waals surface area contributed by atoms with Gasteiger partial charge in [-0.25, -0.2) is 14.2 Å². The van der Waals surface area contributed by atoms with E-state index in [0.29, 0.717) is 16.8 Å². The number of benzene rings is 1. The molecule has 2 aromatic rings. The Bertz CT molecular complexity index is 1140. The molecule has 3 heterocycles. The molecule has 3 fully saturated rings. The number of carbonyl (C=O) groups excluding carboxylic acids is 2. The SMILES string of the molecule is O=C1NC(=O)C(C#Cc2ccc(-c3cccc(N4CCN(C5CCCCC5)CC4)n3)c(F)c2)N1. The number of piperazine rings is 1. The number of halogens is 1. The van der Waals surface area contributed by atoms with E-state index in [1.54, 1.807) is 12.1 Å². The fourth-order valence-corrected chi connectivity index (χ4v) is 4.99. The smallest absolute Gasteiger partial charge is 0.322 e. The highest BCUT2D eigenvalue weighted by Crippen LogP contribution is 2.27. The Kier molecular flexibility index (Phi) is 6.45. The molecule has 0 spiro atoms. The Morgan fingerprint density at radius 3 is 2.50 bits per heavy atom. The number of urea groups is 1. The Morgan fingerprint density at radius 2 is 1.79 bits per heavy atom. The number of amides is 3. The van der Waals surface area contributed by atoms with Crippen LogP contribution in [0.25, 0.3) is 11.3 Å². The summed E-state index contributed by atoms with van der Waals surface area (Å²) in [6.07, 6.45) is 6.69. The molecular weight excluding hydrogens is 433 g/mol. The summed E-state index contributed by atoms with van der Waals surface area (Å²) in [5, 5.41) is 4.52. The number of aromatic nitrogens is 1. The van der Waals surface area contributed by atoms with Crippen molar-refractivity contribution in [2.24, 2.45) is 0 Å². The fraction of sp³-hybridized carbons (Fsp3) is 0.423. The lowest BCUT2D eigenvalue weighted by Gasteiger charge is -2.41. The van der Waals surface area contributed by atoms with E-state index in [-0.39, 0.29) is 0 Å². The summed E-state index contributed by atoms with van der Waals surface area (Å²) in [6.45, 7) is 3.93. The van der Waals surface area contributed by atoms with E-state index >= 15 is 0 Å². The van der Waals surface area contributed by atoms with Crippen LogP contribution in [-0.2, 0) is 4.79 Å². The third-order valence-electron chi connectivity index (χ3n) is 6.84. The fourth-order valence-electron chi connectivity index (χ4n) is 4.99. The molecule has 2 N–H and O–H groups in total. The van der Waals surface area contributed by atoms with E-state index in [2.05, 4.69) is 32.3 Å². The highest BCUT2D eigenvalue weighted by Gasteiger charge is 2.28. The third-order valence-corrected chi connectivity index (χ3v) is 6.84. The molecule has 1 aromatic heterocycles. The van der Waals surface area contributed by atoms with Gasteiger partial charge >= 0.3 is 6.03 Å². The molecule has 1 saturated carbocycles. The first-order valence-corrected chi connectivity index (χ1v) is 12.0. The van der Waals surface area contributed by atoms with Gasteiger partial charge in [-0.3, -0.25) is 15.0 Å². The van der Waals surface area contributed by atoms with Crippen molar-refractivity contribution in [3.8, 4) is 23.1 Å². The van der Waals surface area contributed by atoms with E-state index in [0.717, 1.165) is 38.0 Å². The van der Waals surface area contributed by atoms with Crippen LogP contribution in [0.15, 0.2) is 36.4 Å². The predicted molar refractivity (Wildman–Crippen MR) is 128 cm³/mol. The minimum absolute atomic E-state index is 0.403. The minimum atomic E-state index is -0.924. The third kappa shape index (κ3) is 4.90. The lowest BCUT2D eigenvalue weighted by molar-refractivity contribution is -0.119. The van der Waals surface area contributed by atoms with Gasteiger partial charge in [0, 0.05) is 43.3 Å². The standard InChI is InChI=1S/C26H28FN5O2/c27-21-17-18(10-12-23-25(33)30-26(34)29-23)9-11-20(21)22-7-4-8-24(28-22)32-15-13-31(14-16-32)19-5-2-1-3-6-19/h4,7-9,11,17,19,23H,1-3,5-6,13-16H2,(H2,29,30,33,34). The molecule has 5 rings (SSSR count). The summed E-state index contributed by atoms with van der Waals surface area (Å²) in [5.74, 6) is 5.34. The van der Waals surface area contributed by atoms with Crippen LogP contribution in [0.4, 0.5) is 15.0 Å². The van der Waals surface area contributed by atoms with Crippen LogP contribution < -0.4 is 15.5 Å². The molecule has 0 bridgehead atoms. The molecule has 8 heteroatoms. The van der Waals surface area contributed by atoms with Gasteiger partial charge in [0.25, 0.3) is 5.91 Å². The van der Waals surface area contributed by atoms with Crippen LogP contribution >= 0.6 is 0 Å². The van der Waals surface area contributed by atoms with Crippen LogP contribution in [0, 0.1) is 17.7 Å². The molecule has 3 aliphatic rings. The van der Waals surface area contributed by atoms with Crippen LogP contribution in [0.3, 0.4) is 0 Å². The molecule has 176 valence electrons. The summed E-state index contributed by atoms with van der Waals surface area (Å²) >= 11 is 0. The van der Waals surface area contributed by atoms with Gasteiger partial charge in [0.15, 0.2) is 6.04 Å². The highest BCUT2D eigenvalue weighted by molar-refractivity contribution is 6.05. The van der Waals surface area contributed by atoms with Gasteiger partial charge in [0.2, 0.25) is 0 Å². The molecule has 0 radical (unpaired) electrons. The average Bonchev–Trinajstić information content (AvgIpc) is 3.20. The molecule has 7 nitrogen and oxygen atoms in total. The van der Waals surface area contributed by atoms with Crippen LogP contribution in [-0.4, -0.2) is 60.1 Å². The summed E-state index contributed by atoms with van der Waals surface area (Å²) < 4.78 is 14.9. The zero-order chi connectivity index (χ0) is 23.5. The van der Waals surface area contributed by atoms with Crippen molar-refractivity contribution >= 4 is 17.8 Å². The molecule has 3 amide bonds.